The Hall–Kier alpha value is -1.35. The van der Waals surface area contributed by atoms with E-state index in [0.717, 1.165) is 49.7 Å². The minimum Gasteiger partial charge on any atom is -0.377 e. The minimum atomic E-state index is 0. The zero-order chi connectivity index (χ0) is 22.0. The van der Waals surface area contributed by atoms with Crippen molar-refractivity contribution in [3.05, 3.63) is 29.8 Å². The Bertz CT molecular complexity index is 703. The van der Waals surface area contributed by atoms with Crippen LogP contribution in [0.1, 0.15) is 65.9 Å². The Balaban J connectivity index is 0.00000480. The second-order valence-electron chi connectivity index (χ2n) is 9.13. The fourth-order valence-electron chi connectivity index (χ4n) is 3.95. The Morgan fingerprint density at radius 3 is 2.68 bits per heavy atom. The summed E-state index contributed by atoms with van der Waals surface area (Å²) in [6.07, 6.45) is 3.93. The van der Waals surface area contributed by atoms with Gasteiger partial charge < -0.3 is 20.7 Å². The van der Waals surface area contributed by atoms with E-state index in [0.29, 0.717) is 18.9 Å². The first-order valence-electron chi connectivity index (χ1n) is 11.4. The van der Waals surface area contributed by atoms with E-state index in [9.17, 15) is 4.79 Å². The molecule has 2 rings (SSSR count). The number of aliphatic imine (C=N–C) groups is 1. The zero-order valence-electron chi connectivity index (χ0n) is 19.8. The van der Waals surface area contributed by atoms with Crippen LogP contribution in [0.3, 0.4) is 0 Å². The molecule has 1 aromatic rings. The summed E-state index contributed by atoms with van der Waals surface area (Å²) >= 11 is 0. The van der Waals surface area contributed by atoms with Crippen LogP contribution in [-0.4, -0.2) is 37.7 Å². The second kappa shape index (κ2) is 13.9. The van der Waals surface area contributed by atoms with Gasteiger partial charge in [-0.3, -0.25) is 4.79 Å². The van der Waals surface area contributed by atoms with Crippen LogP contribution in [0.2, 0.25) is 0 Å². The molecule has 3 N–H and O–H groups in total. The first kappa shape index (κ1) is 27.7. The molecule has 0 aromatic heterocycles. The molecule has 0 radical (unpaired) electrons. The number of halogens is 1. The number of amides is 1. The molecule has 31 heavy (non-hydrogen) atoms. The molecule has 2 unspecified atom stereocenters. The average molecular weight is 545 g/mol. The monoisotopic (exact) mass is 544 g/mol. The molecule has 2 atom stereocenters. The van der Waals surface area contributed by atoms with Crippen LogP contribution in [0.4, 0.5) is 5.69 Å². The number of nitrogens with zero attached hydrogens (tertiary/aromatic N) is 1. The number of hydrogen-bond donors (Lipinski definition) is 3. The van der Waals surface area contributed by atoms with Gasteiger partial charge in [0.2, 0.25) is 5.91 Å². The summed E-state index contributed by atoms with van der Waals surface area (Å²) < 4.78 is 6.10. The normalized spacial score (nSPS) is 19.3. The first-order valence-corrected chi connectivity index (χ1v) is 11.4. The van der Waals surface area contributed by atoms with Crippen molar-refractivity contribution in [2.75, 3.05) is 25.0 Å². The average Bonchev–Trinajstić information content (AvgIpc) is 2.70. The van der Waals surface area contributed by atoms with Crippen LogP contribution < -0.4 is 16.0 Å². The van der Waals surface area contributed by atoms with E-state index in [4.69, 9.17) is 9.73 Å². The Kier molecular flexibility index (Phi) is 12.4. The number of guanidine groups is 1. The third-order valence-corrected chi connectivity index (χ3v) is 5.28. The molecule has 1 fully saturated rings. The van der Waals surface area contributed by atoms with Crippen molar-refractivity contribution in [3.8, 4) is 0 Å². The predicted octanol–water partition coefficient (Wildman–Crippen LogP) is 4.94. The van der Waals surface area contributed by atoms with Gasteiger partial charge in [-0.1, -0.05) is 39.8 Å². The summed E-state index contributed by atoms with van der Waals surface area (Å²) in [6, 6.07) is 7.90. The van der Waals surface area contributed by atoms with Gasteiger partial charge in [0.05, 0.1) is 12.6 Å². The lowest BCUT2D eigenvalue weighted by Crippen LogP contribution is -2.47. The highest BCUT2D eigenvalue weighted by molar-refractivity contribution is 14.0. The van der Waals surface area contributed by atoms with E-state index in [-0.39, 0.29) is 41.4 Å². The number of carbonyl (C=O) groups is 1. The highest BCUT2D eigenvalue weighted by Gasteiger charge is 2.35. The molecule has 1 aromatic carbocycles. The van der Waals surface area contributed by atoms with Gasteiger partial charge in [0.15, 0.2) is 5.96 Å². The molecule has 0 spiro atoms. The highest BCUT2D eigenvalue weighted by Crippen LogP contribution is 2.33. The fourth-order valence-corrected chi connectivity index (χ4v) is 3.95. The predicted molar refractivity (Wildman–Crippen MR) is 140 cm³/mol. The summed E-state index contributed by atoms with van der Waals surface area (Å²) in [6.45, 7) is 13.9. The molecule has 7 heteroatoms. The van der Waals surface area contributed by atoms with Gasteiger partial charge in [0.25, 0.3) is 0 Å². The van der Waals surface area contributed by atoms with E-state index in [1.54, 1.807) is 0 Å². The number of anilines is 1. The van der Waals surface area contributed by atoms with Gasteiger partial charge in [-0.2, -0.15) is 0 Å². The van der Waals surface area contributed by atoms with E-state index >= 15 is 0 Å². The van der Waals surface area contributed by atoms with E-state index in [1.165, 1.54) is 6.42 Å². The van der Waals surface area contributed by atoms with E-state index in [2.05, 4.69) is 43.6 Å². The molecule has 6 nitrogen and oxygen atoms in total. The Morgan fingerprint density at radius 2 is 2.00 bits per heavy atom. The number of benzene rings is 1. The van der Waals surface area contributed by atoms with Gasteiger partial charge in [-0.05, 0) is 49.3 Å². The largest absolute Gasteiger partial charge is 0.377 e. The summed E-state index contributed by atoms with van der Waals surface area (Å²) in [4.78, 5) is 16.6. The highest BCUT2D eigenvalue weighted by atomic mass is 127. The summed E-state index contributed by atoms with van der Waals surface area (Å²) in [7, 11) is 0. The van der Waals surface area contributed by atoms with Crippen molar-refractivity contribution in [2.45, 2.75) is 73.0 Å². The first-order chi connectivity index (χ1) is 14.3. The maximum atomic E-state index is 11.8. The molecule has 1 amide bonds. The van der Waals surface area contributed by atoms with Gasteiger partial charge in [0, 0.05) is 37.7 Å². The topological polar surface area (TPSA) is 74.8 Å². The lowest BCUT2D eigenvalue weighted by Gasteiger charge is -2.40. The van der Waals surface area contributed by atoms with Gasteiger partial charge in [-0.25, -0.2) is 4.99 Å². The number of nitrogens with one attached hydrogen (secondary N) is 3. The summed E-state index contributed by atoms with van der Waals surface area (Å²) in [5, 5.41) is 9.80. The number of hydrogen-bond acceptors (Lipinski definition) is 3. The summed E-state index contributed by atoms with van der Waals surface area (Å²) in [5.74, 6) is 1.34. The van der Waals surface area contributed by atoms with Gasteiger partial charge in [-0.15, -0.1) is 24.0 Å². The lowest BCUT2D eigenvalue weighted by molar-refractivity contribution is -0.116. The van der Waals surface area contributed by atoms with Crippen molar-refractivity contribution >= 4 is 41.5 Å². The van der Waals surface area contributed by atoms with Gasteiger partial charge >= 0.3 is 0 Å². The fraction of sp³-hybridized carbons (Fsp3) is 0.667. The van der Waals surface area contributed by atoms with E-state index < -0.39 is 0 Å². The molecule has 0 aliphatic carbocycles. The van der Waals surface area contributed by atoms with Crippen molar-refractivity contribution in [3.63, 3.8) is 0 Å². The SMILES string of the molecule is CCCC(=O)Nc1cccc(CN=C(NCC)NCC2CCCOC2C(C)(C)C)c1.I. The minimum absolute atomic E-state index is 0. The van der Waals surface area contributed by atoms with Crippen LogP contribution in [0, 0.1) is 11.3 Å². The van der Waals surface area contributed by atoms with Crippen molar-refractivity contribution in [2.24, 2.45) is 16.3 Å². The molecule has 1 aliphatic heterocycles. The van der Waals surface area contributed by atoms with Crippen molar-refractivity contribution in [1.82, 2.24) is 10.6 Å². The van der Waals surface area contributed by atoms with E-state index in [1.807, 2.05) is 31.2 Å². The quantitative estimate of drug-likeness (QED) is 0.246. The number of rotatable bonds is 8. The zero-order valence-corrected chi connectivity index (χ0v) is 22.1. The van der Waals surface area contributed by atoms with Crippen LogP contribution >= 0.6 is 24.0 Å². The van der Waals surface area contributed by atoms with Gasteiger partial charge in [0.1, 0.15) is 0 Å². The Labute approximate surface area is 205 Å². The standard InChI is InChI=1S/C24H40N4O2.HI/c1-6-10-21(29)28-20-13-8-11-18(15-20)16-26-23(25-7-2)27-17-19-12-9-14-30-22(19)24(3,4)5;/h8,11,13,15,19,22H,6-7,9-10,12,14,16-17H2,1-5H3,(H,28,29)(H2,25,26,27);1H. The molecule has 176 valence electrons. The smallest absolute Gasteiger partial charge is 0.224 e. The third kappa shape index (κ3) is 9.76. The van der Waals surface area contributed by atoms with Crippen molar-refractivity contribution in [1.29, 1.82) is 0 Å². The molecule has 1 heterocycles. The second-order valence-corrected chi connectivity index (χ2v) is 9.13. The van der Waals surface area contributed by atoms with Crippen molar-refractivity contribution < 1.29 is 9.53 Å². The lowest BCUT2D eigenvalue weighted by atomic mass is 9.78. The van der Waals surface area contributed by atoms with Crippen LogP contribution in [0.25, 0.3) is 0 Å². The molecule has 0 saturated carbocycles. The molecular formula is C24H41IN4O2. The molecule has 0 bridgehead atoms. The third-order valence-electron chi connectivity index (χ3n) is 5.28. The van der Waals surface area contributed by atoms with Crippen LogP contribution in [-0.2, 0) is 16.1 Å². The summed E-state index contributed by atoms with van der Waals surface area (Å²) in [5.41, 5.74) is 2.02. The Morgan fingerprint density at radius 1 is 1.23 bits per heavy atom. The maximum Gasteiger partial charge on any atom is 0.224 e. The molecular weight excluding hydrogens is 503 g/mol. The maximum absolute atomic E-state index is 11.8. The van der Waals surface area contributed by atoms with Crippen LogP contribution in [0.5, 0.6) is 0 Å². The molecule has 1 saturated heterocycles. The van der Waals surface area contributed by atoms with Crippen LogP contribution in [0.15, 0.2) is 29.3 Å². The molecule has 1 aliphatic rings. The number of ether oxygens (including phenoxy) is 1. The number of carbonyl (C=O) groups excluding carboxylic acids is 1.